The number of ether oxygens (including phenoxy) is 1. The zero-order chi connectivity index (χ0) is 20.6. The molecule has 0 aliphatic carbocycles. The van der Waals surface area contributed by atoms with Gasteiger partial charge in [0.2, 0.25) is 10.0 Å². The van der Waals surface area contributed by atoms with Crippen LogP contribution in [0.4, 0.5) is 11.4 Å². The van der Waals surface area contributed by atoms with Crippen molar-refractivity contribution in [3.05, 3.63) is 42.0 Å². The van der Waals surface area contributed by atoms with Gasteiger partial charge in [-0.3, -0.25) is 4.79 Å². The molecular formula is C21H25N3O4S. The molecule has 1 N–H and O–H groups in total. The summed E-state index contributed by atoms with van der Waals surface area (Å²) in [5.41, 5.74) is 1.37. The van der Waals surface area contributed by atoms with Gasteiger partial charge in [-0.15, -0.1) is 0 Å². The summed E-state index contributed by atoms with van der Waals surface area (Å²) in [5, 5.41) is 2.81. The monoisotopic (exact) mass is 415 g/mol. The molecule has 1 amide bonds. The molecule has 0 radical (unpaired) electrons. The number of anilines is 2. The maximum atomic E-state index is 13.3. The third kappa shape index (κ3) is 3.58. The number of carbonyl (C=O) groups is 1. The summed E-state index contributed by atoms with van der Waals surface area (Å²) in [7, 11) is -2.20. The fourth-order valence-corrected chi connectivity index (χ4v) is 5.10. The predicted octanol–water partition coefficient (Wildman–Crippen LogP) is 3.68. The van der Waals surface area contributed by atoms with Crippen molar-refractivity contribution in [2.45, 2.75) is 31.1 Å². The lowest BCUT2D eigenvalue weighted by atomic mass is 10.1. The van der Waals surface area contributed by atoms with Gasteiger partial charge in [-0.1, -0.05) is 19.1 Å². The second kappa shape index (κ2) is 7.68. The molecule has 0 unspecified atom stereocenters. The van der Waals surface area contributed by atoms with E-state index in [9.17, 15) is 13.2 Å². The number of benzene rings is 2. The molecule has 2 heterocycles. The van der Waals surface area contributed by atoms with Gasteiger partial charge in [-0.05, 0) is 37.5 Å². The van der Waals surface area contributed by atoms with Crippen molar-refractivity contribution >= 4 is 27.3 Å². The standard InChI is InChI=1S/C21H25N3O4S/c1-3-23(2)29(26,27)20-13-15-19(14-17(20)24-11-7-4-8-12-24)28-18-10-6-5-9-16(18)22-21(15)25/h5-6,9-10,13-14H,3-4,7-8,11-12H2,1-2H3,(H,22,25). The summed E-state index contributed by atoms with van der Waals surface area (Å²) in [6.07, 6.45) is 3.14. The second-order valence-corrected chi connectivity index (χ2v) is 9.35. The van der Waals surface area contributed by atoms with Crippen LogP contribution in [0.25, 0.3) is 0 Å². The minimum Gasteiger partial charge on any atom is -0.454 e. The van der Waals surface area contributed by atoms with E-state index in [1.165, 1.54) is 10.4 Å². The van der Waals surface area contributed by atoms with Gasteiger partial charge in [-0.25, -0.2) is 12.7 Å². The predicted molar refractivity (Wildman–Crippen MR) is 112 cm³/mol. The molecule has 2 aliphatic heterocycles. The molecule has 0 saturated carbocycles. The lowest BCUT2D eigenvalue weighted by molar-refractivity contribution is 0.102. The Labute approximate surface area is 171 Å². The third-order valence-corrected chi connectivity index (χ3v) is 7.45. The fraction of sp³-hybridized carbons (Fsp3) is 0.381. The normalized spacial score (nSPS) is 16.5. The van der Waals surface area contributed by atoms with Crippen LogP contribution >= 0.6 is 0 Å². The zero-order valence-corrected chi connectivity index (χ0v) is 17.5. The van der Waals surface area contributed by atoms with Crippen molar-refractivity contribution in [3.63, 3.8) is 0 Å². The molecule has 2 aliphatic rings. The third-order valence-electron chi connectivity index (χ3n) is 5.49. The number of fused-ring (bicyclic) bond motifs is 2. The van der Waals surface area contributed by atoms with Crippen LogP contribution in [-0.2, 0) is 10.0 Å². The van der Waals surface area contributed by atoms with E-state index in [1.54, 1.807) is 32.2 Å². The molecule has 0 spiro atoms. The van der Waals surface area contributed by atoms with Gasteiger partial charge in [0.15, 0.2) is 5.75 Å². The molecule has 0 bridgehead atoms. The first-order chi connectivity index (χ1) is 13.9. The Balaban J connectivity index is 1.90. The van der Waals surface area contributed by atoms with E-state index in [0.717, 1.165) is 32.4 Å². The molecule has 8 heteroatoms. The minimum atomic E-state index is -3.75. The number of piperidine rings is 1. The first kappa shape index (κ1) is 19.7. The molecule has 4 rings (SSSR count). The number of nitrogens with zero attached hydrogens (tertiary/aromatic N) is 2. The van der Waals surface area contributed by atoms with Crippen molar-refractivity contribution in [1.82, 2.24) is 4.31 Å². The summed E-state index contributed by atoms with van der Waals surface area (Å²) in [6.45, 7) is 3.68. The van der Waals surface area contributed by atoms with Crippen molar-refractivity contribution in [1.29, 1.82) is 0 Å². The molecule has 2 aromatic carbocycles. The van der Waals surface area contributed by atoms with Crippen LogP contribution in [0.3, 0.4) is 0 Å². The Morgan fingerprint density at radius 1 is 1.10 bits per heavy atom. The quantitative estimate of drug-likeness (QED) is 0.824. The van der Waals surface area contributed by atoms with E-state index < -0.39 is 10.0 Å². The Kier molecular flexibility index (Phi) is 5.23. The topological polar surface area (TPSA) is 79.0 Å². The molecule has 7 nitrogen and oxygen atoms in total. The number of sulfonamides is 1. The molecule has 1 fully saturated rings. The average molecular weight is 416 g/mol. The number of hydrogen-bond donors (Lipinski definition) is 1. The Morgan fingerprint density at radius 2 is 1.83 bits per heavy atom. The van der Waals surface area contributed by atoms with Crippen molar-refractivity contribution < 1.29 is 17.9 Å². The summed E-state index contributed by atoms with van der Waals surface area (Å²) < 4.78 is 33.8. The number of carbonyl (C=O) groups excluding carboxylic acids is 1. The summed E-state index contributed by atoms with van der Waals surface area (Å²) >= 11 is 0. The van der Waals surface area contributed by atoms with Crippen LogP contribution in [0.5, 0.6) is 11.5 Å². The van der Waals surface area contributed by atoms with Gasteiger partial charge in [0.05, 0.1) is 16.9 Å². The van der Waals surface area contributed by atoms with Crippen LogP contribution in [0.15, 0.2) is 41.3 Å². The fourth-order valence-electron chi connectivity index (χ4n) is 3.70. The van der Waals surface area contributed by atoms with Gasteiger partial charge in [0.1, 0.15) is 10.6 Å². The van der Waals surface area contributed by atoms with Crippen LogP contribution in [-0.4, -0.2) is 45.3 Å². The SMILES string of the molecule is CCN(C)S(=O)(=O)c1cc2c(cc1N1CCCCC1)Oc1ccccc1NC2=O. The highest BCUT2D eigenvalue weighted by atomic mass is 32.2. The highest BCUT2D eigenvalue weighted by Gasteiger charge is 2.31. The van der Waals surface area contributed by atoms with Gasteiger partial charge >= 0.3 is 0 Å². The van der Waals surface area contributed by atoms with E-state index in [2.05, 4.69) is 10.2 Å². The van der Waals surface area contributed by atoms with Gasteiger partial charge in [0.25, 0.3) is 5.91 Å². The highest BCUT2D eigenvalue weighted by molar-refractivity contribution is 7.89. The van der Waals surface area contributed by atoms with Crippen LogP contribution in [0, 0.1) is 0 Å². The maximum Gasteiger partial charge on any atom is 0.259 e. The maximum absolute atomic E-state index is 13.3. The number of nitrogens with one attached hydrogen (secondary N) is 1. The number of para-hydroxylation sites is 2. The Morgan fingerprint density at radius 3 is 2.55 bits per heavy atom. The van der Waals surface area contributed by atoms with Crippen LogP contribution in [0.2, 0.25) is 0 Å². The average Bonchev–Trinajstić information content (AvgIpc) is 2.88. The molecule has 1 saturated heterocycles. The lowest BCUT2D eigenvalue weighted by Gasteiger charge is -2.31. The van der Waals surface area contributed by atoms with Gasteiger partial charge < -0.3 is 15.0 Å². The summed E-state index contributed by atoms with van der Waals surface area (Å²) in [4.78, 5) is 15.1. The van der Waals surface area contributed by atoms with E-state index in [4.69, 9.17) is 4.74 Å². The largest absolute Gasteiger partial charge is 0.454 e. The number of rotatable bonds is 4. The van der Waals surface area contributed by atoms with E-state index in [-0.39, 0.29) is 16.4 Å². The van der Waals surface area contributed by atoms with Crippen molar-refractivity contribution in [3.8, 4) is 11.5 Å². The minimum absolute atomic E-state index is 0.146. The Bertz CT molecular complexity index is 1050. The summed E-state index contributed by atoms with van der Waals surface area (Å²) in [6, 6.07) is 10.3. The van der Waals surface area contributed by atoms with Crippen molar-refractivity contribution in [2.75, 3.05) is 36.9 Å². The smallest absolute Gasteiger partial charge is 0.259 e. The summed E-state index contributed by atoms with van der Waals surface area (Å²) in [5.74, 6) is 0.516. The number of hydrogen-bond acceptors (Lipinski definition) is 5. The van der Waals surface area contributed by atoms with E-state index >= 15 is 0 Å². The van der Waals surface area contributed by atoms with Gasteiger partial charge in [0, 0.05) is 32.7 Å². The lowest BCUT2D eigenvalue weighted by Crippen LogP contribution is -2.33. The molecule has 0 aromatic heterocycles. The molecule has 0 atom stereocenters. The Hall–Kier alpha value is -2.58. The van der Waals surface area contributed by atoms with Crippen LogP contribution in [0.1, 0.15) is 36.5 Å². The first-order valence-corrected chi connectivity index (χ1v) is 11.3. The van der Waals surface area contributed by atoms with Crippen molar-refractivity contribution in [2.24, 2.45) is 0 Å². The van der Waals surface area contributed by atoms with Gasteiger partial charge in [-0.2, -0.15) is 0 Å². The van der Waals surface area contributed by atoms with E-state index in [1.807, 2.05) is 12.1 Å². The molecule has 154 valence electrons. The molecular weight excluding hydrogens is 390 g/mol. The van der Waals surface area contributed by atoms with E-state index in [0.29, 0.717) is 29.4 Å². The van der Waals surface area contributed by atoms with Crippen LogP contribution < -0.4 is 15.0 Å². The first-order valence-electron chi connectivity index (χ1n) is 9.89. The number of amides is 1. The highest BCUT2D eigenvalue weighted by Crippen LogP contribution is 2.41. The second-order valence-electron chi connectivity index (χ2n) is 7.34. The molecule has 29 heavy (non-hydrogen) atoms. The zero-order valence-electron chi connectivity index (χ0n) is 16.6. The molecule has 2 aromatic rings.